The first-order valence-corrected chi connectivity index (χ1v) is 16.1. The van der Waals surface area contributed by atoms with Crippen LogP contribution in [0.15, 0.2) is 164 Å². The van der Waals surface area contributed by atoms with Crippen molar-refractivity contribution in [2.75, 3.05) is 4.90 Å². The Kier molecular flexibility index (Phi) is 7.55. The summed E-state index contributed by atoms with van der Waals surface area (Å²) in [5.74, 6) is 0.809. The van der Waals surface area contributed by atoms with Crippen LogP contribution in [0.25, 0.3) is 50.6 Å². The molecule has 5 nitrogen and oxygen atoms in total. The highest BCUT2D eigenvalue weighted by Gasteiger charge is 2.16. The smallest absolute Gasteiger partial charge is 0.164 e. The monoisotopic (exact) mass is 619 g/mol. The Bertz CT molecular complexity index is 2260. The molecule has 0 bridgehead atoms. The molecule has 0 aliphatic carbocycles. The molecule has 0 radical (unpaired) electrons. The summed E-state index contributed by atoms with van der Waals surface area (Å²) in [6.45, 7) is 4.23. The van der Waals surface area contributed by atoms with Crippen molar-refractivity contribution in [1.29, 1.82) is 0 Å². The van der Waals surface area contributed by atoms with Crippen LogP contribution in [-0.2, 0) is 0 Å². The minimum absolute atomic E-state index is 0.806. The van der Waals surface area contributed by atoms with Crippen LogP contribution in [0.4, 0.5) is 17.1 Å². The lowest BCUT2D eigenvalue weighted by Gasteiger charge is -2.26. The molecule has 230 valence electrons. The number of rotatable bonds is 7. The Hall–Kier alpha value is -6.33. The molecule has 5 heteroatoms. The third kappa shape index (κ3) is 5.63. The SMILES string of the molecule is Cc1ccc(N(c2ccc(C)cc2)c2ccc(-c3ccc(-c4ccc(-c5nc6ccccc6n5-c5ccccc5)nc4)nc3)cc2)cc1. The number of aryl methyl sites for hydroxylation is 2. The van der Waals surface area contributed by atoms with Crippen molar-refractivity contribution in [3.8, 4) is 39.6 Å². The van der Waals surface area contributed by atoms with Gasteiger partial charge in [0.05, 0.1) is 16.7 Å². The summed E-state index contributed by atoms with van der Waals surface area (Å²) in [6, 6.07) is 52.7. The molecule has 0 unspecified atom stereocenters. The van der Waals surface area contributed by atoms with Gasteiger partial charge in [-0.2, -0.15) is 0 Å². The van der Waals surface area contributed by atoms with E-state index in [1.165, 1.54) is 11.1 Å². The van der Waals surface area contributed by atoms with Crippen molar-refractivity contribution >= 4 is 28.1 Å². The topological polar surface area (TPSA) is 46.8 Å². The Morgan fingerprint density at radius 3 is 1.58 bits per heavy atom. The van der Waals surface area contributed by atoms with Crippen LogP contribution in [0, 0.1) is 13.8 Å². The van der Waals surface area contributed by atoms with Crippen LogP contribution in [0.5, 0.6) is 0 Å². The summed E-state index contributed by atoms with van der Waals surface area (Å²) in [5.41, 5.74) is 13.7. The van der Waals surface area contributed by atoms with E-state index in [4.69, 9.17) is 15.0 Å². The van der Waals surface area contributed by atoms with Crippen molar-refractivity contribution in [3.05, 3.63) is 175 Å². The van der Waals surface area contributed by atoms with Gasteiger partial charge in [-0.1, -0.05) is 83.9 Å². The second-order valence-electron chi connectivity index (χ2n) is 12.0. The van der Waals surface area contributed by atoms with E-state index in [9.17, 15) is 0 Å². The van der Waals surface area contributed by atoms with Gasteiger partial charge in [-0.15, -0.1) is 0 Å². The van der Waals surface area contributed by atoms with Crippen LogP contribution in [0.3, 0.4) is 0 Å². The summed E-state index contributed by atoms with van der Waals surface area (Å²) < 4.78 is 2.16. The zero-order valence-corrected chi connectivity index (χ0v) is 26.8. The fourth-order valence-corrected chi connectivity index (χ4v) is 6.09. The number of hydrogen-bond donors (Lipinski definition) is 0. The molecule has 0 saturated heterocycles. The molecule has 8 rings (SSSR count). The standard InChI is InChI=1S/C43H33N5/c1-30-12-20-36(21-13-30)47(37-22-14-31(2)15-23-37)38-24-16-32(17-25-38)33-18-26-39(44-28-33)34-19-27-41(45-29-34)43-46-40-10-6-7-11-42(40)48(43)35-8-4-3-5-9-35/h3-29H,1-2H3. The third-order valence-electron chi connectivity index (χ3n) is 8.67. The zero-order valence-electron chi connectivity index (χ0n) is 26.8. The third-order valence-corrected chi connectivity index (χ3v) is 8.67. The second kappa shape index (κ2) is 12.5. The minimum atomic E-state index is 0.806. The number of pyridine rings is 2. The van der Waals surface area contributed by atoms with Gasteiger partial charge in [0.2, 0.25) is 0 Å². The van der Waals surface area contributed by atoms with E-state index in [1.54, 1.807) is 0 Å². The first-order chi connectivity index (χ1) is 23.6. The molecule has 0 atom stereocenters. The van der Waals surface area contributed by atoms with E-state index >= 15 is 0 Å². The first-order valence-electron chi connectivity index (χ1n) is 16.1. The molecule has 0 N–H and O–H groups in total. The van der Waals surface area contributed by atoms with Crippen LogP contribution >= 0.6 is 0 Å². The van der Waals surface area contributed by atoms with Gasteiger partial charge in [0.15, 0.2) is 5.82 Å². The van der Waals surface area contributed by atoms with Gasteiger partial charge in [-0.25, -0.2) is 4.98 Å². The van der Waals surface area contributed by atoms with E-state index in [2.05, 4.69) is 133 Å². The summed E-state index contributed by atoms with van der Waals surface area (Å²) >= 11 is 0. The lowest BCUT2D eigenvalue weighted by molar-refractivity contribution is 1.08. The van der Waals surface area contributed by atoms with Gasteiger partial charge in [-0.05, 0) is 98.3 Å². The van der Waals surface area contributed by atoms with E-state index in [0.29, 0.717) is 0 Å². The number of hydrogen-bond acceptors (Lipinski definition) is 4. The fraction of sp³-hybridized carbons (Fsp3) is 0.0465. The first kappa shape index (κ1) is 29.1. The molecule has 8 aromatic rings. The summed E-state index contributed by atoms with van der Waals surface area (Å²) in [6.07, 6.45) is 3.82. The van der Waals surface area contributed by atoms with Gasteiger partial charge >= 0.3 is 0 Å². The second-order valence-corrected chi connectivity index (χ2v) is 12.0. The van der Waals surface area contributed by atoms with Gasteiger partial charge in [0.1, 0.15) is 5.69 Å². The van der Waals surface area contributed by atoms with E-state index in [1.807, 2.05) is 54.9 Å². The Morgan fingerprint density at radius 2 is 0.979 bits per heavy atom. The van der Waals surface area contributed by atoms with Crippen LogP contribution in [0.2, 0.25) is 0 Å². The largest absolute Gasteiger partial charge is 0.311 e. The van der Waals surface area contributed by atoms with Crippen molar-refractivity contribution in [3.63, 3.8) is 0 Å². The molecular formula is C43H33N5. The highest BCUT2D eigenvalue weighted by molar-refractivity contribution is 5.83. The number of fused-ring (bicyclic) bond motifs is 1. The Morgan fingerprint density at radius 1 is 0.458 bits per heavy atom. The molecular weight excluding hydrogens is 587 g/mol. The number of imidazole rings is 1. The average Bonchev–Trinajstić information content (AvgIpc) is 3.54. The van der Waals surface area contributed by atoms with E-state index in [-0.39, 0.29) is 0 Å². The highest BCUT2D eigenvalue weighted by atomic mass is 15.1. The number of para-hydroxylation sites is 3. The molecule has 0 spiro atoms. The van der Waals surface area contributed by atoms with E-state index < -0.39 is 0 Å². The molecule has 48 heavy (non-hydrogen) atoms. The van der Waals surface area contributed by atoms with Crippen molar-refractivity contribution in [2.45, 2.75) is 13.8 Å². The molecule has 0 saturated carbocycles. The molecule has 0 aliphatic rings. The number of nitrogens with zero attached hydrogens (tertiary/aromatic N) is 5. The number of benzene rings is 5. The maximum absolute atomic E-state index is 4.95. The Balaban J connectivity index is 1.05. The van der Waals surface area contributed by atoms with Gasteiger partial charge in [0.25, 0.3) is 0 Å². The van der Waals surface area contributed by atoms with Crippen molar-refractivity contribution in [1.82, 2.24) is 19.5 Å². The summed E-state index contributed by atoms with van der Waals surface area (Å²) in [5, 5.41) is 0. The lowest BCUT2D eigenvalue weighted by atomic mass is 10.0. The quantitative estimate of drug-likeness (QED) is 0.178. The van der Waals surface area contributed by atoms with Crippen LogP contribution in [-0.4, -0.2) is 19.5 Å². The number of anilines is 3. The fourth-order valence-electron chi connectivity index (χ4n) is 6.09. The van der Waals surface area contributed by atoms with Gasteiger partial charge in [0, 0.05) is 46.3 Å². The van der Waals surface area contributed by atoms with Crippen molar-refractivity contribution < 1.29 is 0 Å². The van der Waals surface area contributed by atoms with Crippen molar-refractivity contribution in [2.24, 2.45) is 0 Å². The molecule has 5 aromatic carbocycles. The predicted octanol–water partition coefficient (Wildman–Crippen LogP) is 10.9. The van der Waals surface area contributed by atoms with Gasteiger partial charge in [-0.3, -0.25) is 14.5 Å². The predicted molar refractivity (Wildman–Crippen MR) is 197 cm³/mol. The highest BCUT2D eigenvalue weighted by Crippen LogP contribution is 2.36. The molecule has 0 amide bonds. The summed E-state index contributed by atoms with van der Waals surface area (Å²) in [4.78, 5) is 16.9. The van der Waals surface area contributed by atoms with E-state index in [0.717, 1.165) is 67.7 Å². The lowest BCUT2D eigenvalue weighted by Crippen LogP contribution is -2.09. The maximum atomic E-state index is 4.95. The van der Waals surface area contributed by atoms with Crippen LogP contribution in [0.1, 0.15) is 11.1 Å². The van der Waals surface area contributed by atoms with Gasteiger partial charge < -0.3 is 4.90 Å². The normalized spacial score (nSPS) is 11.1. The number of aromatic nitrogens is 4. The Labute approximate surface area is 280 Å². The zero-order chi connectivity index (χ0) is 32.5. The van der Waals surface area contributed by atoms with Crippen LogP contribution < -0.4 is 4.90 Å². The minimum Gasteiger partial charge on any atom is -0.311 e. The molecule has 0 aliphatic heterocycles. The average molecular weight is 620 g/mol. The maximum Gasteiger partial charge on any atom is 0.164 e. The molecule has 3 aromatic heterocycles. The molecule has 3 heterocycles. The molecule has 0 fully saturated rings. The summed E-state index contributed by atoms with van der Waals surface area (Å²) in [7, 11) is 0.